The molecule has 5 heteroatoms. The lowest BCUT2D eigenvalue weighted by Crippen LogP contribution is -2.40. The predicted molar refractivity (Wildman–Crippen MR) is 85.7 cm³/mol. The van der Waals surface area contributed by atoms with Crippen LogP contribution in [0.4, 0.5) is 10.5 Å². The van der Waals surface area contributed by atoms with Crippen LogP contribution in [0.2, 0.25) is 0 Å². The average molecular weight is 301 g/mol. The molecule has 1 fully saturated rings. The number of nitriles is 1. The molecule has 1 saturated heterocycles. The largest absolute Gasteiger partial charge is 0.376 e. The van der Waals surface area contributed by atoms with Crippen molar-refractivity contribution in [2.45, 2.75) is 39.2 Å². The molecule has 1 unspecified atom stereocenters. The highest BCUT2D eigenvalue weighted by Crippen LogP contribution is 2.20. The Kier molecular flexibility index (Phi) is 5.79. The lowest BCUT2D eigenvalue weighted by Gasteiger charge is -2.25. The number of urea groups is 1. The molecule has 1 N–H and O–H groups in total. The summed E-state index contributed by atoms with van der Waals surface area (Å²) in [5, 5.41) is 11.8. The molecule has 1 aromatic carbocycles. The Morgan fingerprint density at radius 2 is 2.18 bits per heavy atom. The van der Waals surface area contributed by atoms with Gasteiger partial charge < -0.3 is 15.0 Å². The number of nitrogens with one attached hydrogen (secondary N) is 1. The normalized spacial score (nSPS) is 17.0. The smallest absolute Gasteiger partial charge is 0.321 e. The number of para-hydroxylation sites is 1. The standard InChI is InChI=1S/C17H23N3O2/c1-13-6-3-7-14(2)16(13)19-17(21)20(10-5-9-18)12-15-8-4-11-22-15/h3,6-7,15H,4-5,8,10-12H2,1-2H3,(H,19,21). The number of rotatable bonds is 5. The zero-order chi connectivity index (χ0) is 15.9. The lowest BCUT2D eigenvalue weighted by atomic mass is 10.1. The molecule has 118 valence electrons. The fourth-order valence-electron chi connectivity index (χ4n) is 2.69. The molecular weight excluding hydrogens is 278 g/mol. The van der Waals surface area contributed by atoms with Crippen LogP contribution in [-0.2, 0) is 4.74 Å². The summed E-state index contributed by atoms with van der Waals surface area (Å²) in [7, 11) is 0. The Morgan fingerprint density at radius 1 is 1.45 bits per heavy atom. The van der Waals surface area contributed by atoms with Crippen LogP contribution in [0.1, 0.15) is 30.4 Å². The third-order valence-electron chi connectivity index (χ3n) is 3.94. The first-order valence-corrected chi connectivity index (χ1v) is 7.72. The molecule has 1 aromatic rings. The summed E-state index contributed by atoms with van der Waals surface area (Å²) in [6.45, 7) is 5.67. The van der Waals surface area contributed by atoms with Crippen LogP contribution in [0.3, 0.4) is 0 Å². The number of hydrogen-bond acceptors (Lipinski definition) is 3. The fraction of sp³-hybridized carbons (Fsp3) is 0.529. The second kappa shape index (κ2) is 7.81. The van der Waals surface area contributed by atoms with Crippen molar-refractivity contribution >= 4 is 11.7 Å². The summed E-state index contributed by atoms with van der Waals surface area (Å²) in [6, 6.07) is 7.86. The van der Waals surface area contributed by atoms with Gasteiger partial charge in [0.2, 0.25) is 0 Å². The lowest BCUT2D eigenvalue weighted by molar-refractivity contribution is 0.0841. The molecule has 1 heterocycles. The van der Waals surface area contributed by atoms with Crippen molar-refractivity contribution in [3.8, 4) is 6.07 Å². The minimum absolute atomic E-state index is 0.0856. The van der Waals surface area contributed by atoms with Crippen molar-refractivity contribution in [3.63, 3.8) is 0 Å². The second-order valence-corrected chi connectivity index (χ2v) is 5.69. The average Bonchev–Trinajstić information content (AvgIpc) is 3.00. The van der Waals surface area contributed by atoms with Gasteiger partial charge in [-0.25, -0.2) is 4.79 Å². The maximum Gasteiger partial charge on any atom is 0.321 e. The van der Waals surface area contributed by atoms with Gasteiger partial charge in [-0.2, -0.15) is 5.26 Å². The van der Waals surface area contributed by atoms with Crippen molar-refractivity contribution in [3.05, 3.63) is 29.3 Å². The van der Waals surface area contributed by atoms with Gasteiger partial charge in [-0.1, -0.05) is 18.2 Å². The molecule has 2 rings (SSSR count). The number of ether oxygens (including phenoxy) is 1. The first-order chi connectivity index (χ1) is 10.6. The van der Waals surface area contributed by atoms with Gasteiger partial charge in [0, 0.05) is 25.4 Å². The van der Waals surface area contributed by atoms with Gasteiger partial charge in [0.05, 0.1) is 18.6 Å². The van der Waals surface area contributed by atoms with E-state index in [-0.39, 0.29) is 12.1 Å². The topological polar surface area (TPSA) is 65.4 Å². The number of amides is 2. The molecule has 0 spiro atoms. The number of anilines is 1. The Balaban J connectivity index is 2.05. The number of nitrogens with zero attached hydrogens (tertiary/aromatic N) is 2. The minimum Gasteiger partial charge on any atom is -0.376 e. The van der Waals surface area contributed by atoms with Gasteiger partial charge in [0.25, 0.3) is 0 Å². The number of carbonyl (C=O) groups is 1. The minimum atomic E-state index is -0.164. The third-order valence-corrected chi connectivity index (χ3v) is 3.94. The van der Waals surface area contributed by atoms with Gasteiger partial charge in [0.1, 0.15) is 0 Å². The fourth-order valence-corrected chi connectivity index (χ4v) is 2.69. The van der Waals surface area contributed by atoms with Crippen LogP contribution >= 0.6 is 0 Å². The van der Waals surface area contributed by atoms with Crippen molar-refractivity contribution in [2.24, 2.45) is 0 Å². The third kappa shape index (κ3) is 4.22. The Morgan fingerprint density at radius 3 is 2.77 bits per heavy atom. The summed E-state index contributed by atoms with van der Waals surface area (Å²) in [6.07, 6.45) is 2.42. The van der Waals surface area contributed by atoms with Gasteiger partial charge in [-0.15, -0.1) is 0 Å². The predicted octanol–water partition coefficient (Wildman–Crippen LogP) is 3.23. The van der Waals surface area contributed by atoms with Crippen molar-refractivity contribution in [2.75, 3.05) is 25.0 Å². The maximum atomic E-state index is 12.6. The summed E-state index contributed by atoms with van der Waals surface area (Å²) in [4.78, 5) is 14.2. The van der Waals surface area contributed by atoms with E-state index < -0.39 is 0 Å². The van der Waals surface area contributed by atoms with E-state index in [9.17, 15) is 4.79 Å². The first kappa shape index (κ1) is 16.3. The first-order valence-electron chi connectivity index (χ1n) is 7.72. The molecule has 5 nitrogen and oxygen atoms in total. The summed E-state index contributed by atoms with van der Waals surface area (Å²) >= 11 is 0. The molecule has 1 aliphatic rings. The van der Waals surface area contributed by atoms with E-state index >= 15 is 0 Å². The van der Waals surface area contributed by atoms with Crippen LogP contribution in [0.15, 0.2) is 18.2 Å². The summed E-state index contributed by atoms with van der Waals surface area (Å²) in [5.74, 6) is 0. The van der Waals surface area contributed by atoms with E-state index in [4.69, 9.17) is 10.00 Å². The maximum absolute atomic E-state index is 12.6. The number of benzene rings is 1. The molecular formula is C17H23N3O2. The van der Waals surface area contributed by atoms with Gasteiger partial charge in [0.15, 0.2) is 0 Å². The van der Waals surface area contributed by atoms with Crippen molar-refractivity contribution in [1.29, 1.82) is 5.26 Å². The van der Waals surface area contributed by atoms with Crippen molar-refractivity contribution < 1.29 is 9.53 Å². The van der Waals surface area contributed by atoms with Crippen LogP contribution < -0.4 is 5.32 Å². The summed E-state index contributed by atoms with van der Waals surface area (Å²) in [5.41, 5.74) is 2.91. The highest BCUT2D eigenvalue weighted by atomic mass is 16.5. The number of hydrogen-bond donors (Lipinski definition) is 1. The second-order valence-electron chi connectivity index (χ2n) is 5.69. The number of aryl methyl sites for hydroxylation is 2. The van der Waals surface area contributed by atoms with Crippen LogP contribution in [0, 0.1) is 25.2 Å². The van der Waals surface area contributed by atoms with Crippen LogP contribution in [0.5, 0.6) is 0 Å². The Hall–Kier alpha value is -2.06. The van der Waals surface area contributed by atoms with Gasteiger partial charge in [-0.05, 0) is 37.8 Å². The van der Waals surface area contributed by atoms with E-state index in [0.29, 0.717) is 19.5 Å². The van der Waals surface area contributed by atoms with Gasteiger partial charge >= 0.3 is 6.03 Å². The SMILES string of the molecule is Cc1cccc(C)c1NC(=O)N(CCC#N)CC1CCCO1. The quantitative estimate of drug-likeness (QED) is 0.908. The van der Waals surface area contributed by atoms with Crippen LogP contribution in [0.25, 0.3) is 0 Å². The number of carbonyl (C=O) groups excluding carboxylic acids is 1. The zero-order valence-corrected chi connectivity index (χ0v) is 13.3. The van der Waals surface area contributed by atoms with E-state index in [1.807, 2.05) is 32.0 Å². The molecule has 1 atom stereocenters. The van der Waals surface area contributed by atoms with Gasteiger partial charge in [-0.3, -0.25) is 0 Å². The molecule has 0 aliphatic carbocycles. The highest BCUT2D eigenvalue weighted by Gasteiger charge is 2.23. The van der Waals surface area contributed by atoms with Crippen molar-refractivity contribution in [1.82, 2.24) is 4.90 Å². The Bertz CT molecular complexity index is 539. The monoisotopic (exact) mass is 301 g/mol. The highest BCUT2D eigenvalue weighted by molar-refractivity contribution is 5.91. The van der Waals surface area contributed by atoms with E-state index in [1.165, 1.54) is 0 Å². The van der Waals surface area contributed by atoms with E-state index in [2.05, 4.69) is 11.4 Å². The molecule has 0 radical (unpaired) electrons. The molecule has 0 aromatic heterocycles. The molecule has 0 saturated carbocycles. The van der Waals surface area contributed by atoms with E-state index in [0.717, 1.165) is 36.3 Å². The summed E-state index contributed by atoms with van der Waals surface area (Å²) < 4.78 is 5.61. The molecule has 1 aliphatic heterocycles. The zero-order valence-electron chi connectivity index (χ0n) is 13.3. The molecule has 22 heavy (non-hydrogen) atoms. The molecule has 0 bridgehead atoms. The van der Waals surface area contributed by atoms with Crippen LogP contribution in [-0.4, -0.2) is 36.7 Å². The van der Waals surface area contributed by atoms with E-state index in [1.54, 1.807) is 4.90 Å². The Labute approximate surface area is 131 Å². The molecule has 2 amide bonds.